The van der Waals surface area contributed by atoms with Crippen molar-refractivity contribution in [1.82, 2.24) is 15.2 Å². The largest absolute Gasteiger partial charge is 0.481 e. The van der Waals surface area contributed by atoms with Crippen LogP contribution in [-0.4, -0.2) is 53.7 Å². The molecule has 1 saturated heterocycles. The van der Waals surface area contributed by atoms with E-state index in [2.05, 4.69) is 15.2 Å². The van der Waals surface area contributed by atoms with E-state index in [1.807, 2.05) is 6.92 Å². The topological polar surface area (TPSA) is 65.5 Å². The number of rotatable bonds is 5. The van der Waals surface area contributed by atoms with Crippen molar-refractivity contribution in [1.29, 1.82) is 0 Å². The van der Waals surface area contributed by atoms with Gasteiger partial charge in [-0.25, -0.2) is 4.98 Å². The average Bonchev–Trinajstić information content (AvgIpc) is 2.68. The molecule has 0 saturated carbocycles. The van der Waals surface area contributed by atoms with E-state index >= 15 is 0 Å². The highest BCUT2D eigenvalue weighted by molar-refractivity contribution is 7.11. The van der Waals surface area contributed by atoms with Crippen LogP contribution in [0.3, 0.4) is 0 Å². The van der Waals surface area contributed by atoms with Gasteiger partial charge >= 0.3 is 5.97 Å². The molecule has 0 aromatic carbocycles. The van der Waals surface area contributed by atoms with Crippen molar-refractivity contribution in [3.05, 3.63) is 15.6 Å². The third-order valence-corrected chi connectivity index (χ3v) is 4.32. The van der Waals surface area contributed by atoms with Gasteiger partial charge in [-0.3, -0.25) is 4.79 Å². The lowest BCUT2D eigenvalue weighted by Gasteiger charge is -2.26. The number of aryl methyl sites for hydroxylation is 1. The number of aromatic nitrogens is 1. The lowest BCUT2D eigenvalue weighted by atomic mass is 10.3. The van der Waals surface area contributed by atoms with E-state index in [9.17, 15) is 4.79 Å². The maximum atomic E-state index is 10.7. The molecule has 100 valence electrons. The fourth-order valence-corrected chi connectivity index (χ4v) is 3.13. The molecule has 2 heterocycles. The van der Waals surface area contributed by atoms with E-state index in [0.29, 0.717) is 0 Å². The van der Waals surface area contributed by atoms with Crippen LogP contribution in [-0.2, 0) is 17.6 Å². The SMILES string of the molecule is Cc1nc(CCN2CCNCC2)sc1CC(=O)O. The molecular formula is C12H19N3O2S. The van der Waals surface area contributed by atoms with E-state index in [0.717, 1.165) is 54.7 Å². The zero-order valence-electron chi connectivity index (χ0n) is 10.6. The molecule has 0 unspecified atom stereocenters. The van der Waals surface area contributed by atoms with Gasteiger partial charge in [0, 0.05) is 44.0 Å². The molecule has 1 fully saturated rings. The summed E-state index contributed by atoms with van der Waals surface area (Å²) in [6, 6.07) is 0. The minimum atomic E-state index is -0.782. The lowest BCUT2D eigenvalue weighted by molar-refractivity contribution is -0.136. The van der Waals surface area contributed by atoms with Crippen molar-refractivity contribution < 1.29 is 9.90 Å². The van der Waals surface area contributed by atoms with Gasteiger partial charge in [-0.2, -0.15) is 0 Å². The first-order chi connectivity index (χ1) is 8.65. The van der Waals surface area contributed by atoms with Crippen LogP contribution >= 0.6 is 11.3 Å². The third kappa shape index (κ3) is 3.76. The molecule has 5 nitrogen and oxygen atoms in total. The van der Waals surface area contributed by atoms with E-state index in [4.69, 9.17) is 5.11 Å². The Labute approximate surface area is 111 Å². The molecule has 1 aromatic rings. The van der Waals surface area contributed by atoms with Crippen LogP contribution in [0.15, 0.2) is 0 Å². The Kier molecular flexibility index (Phi) is 4.68. The summed E-state index contributed by atoms with van der Waals surface area (Å²) in [5.41, 5.74) is 0.873. The summed E-state index contributed by atoms with van der Waals surface area (Å²) in [7, 11) is 0. The monoisotopic (exact) mass is 269 g/mol. The van der Waals surface area contributed by atoms with Crippen LogP contribution in [0.25, 0.3) is 0 Å². The van der Waals surface area contributed by atoms with Gasteiger partial charge in [-0.15, -0.1) is 11.3 Å². The van der Waals surface area contributed by atoms with Crippen LogP contribution in [0.1, 0.15) is 15.6 Å². The molecule has 1 aliphatic rings. The fourth-order valence-electron chi connectivity index (χ4n) is 2.09. The zero-order chi connectivity index (χ0) is 13.0. The Morgan fingerprint density at radius 1 is 1.50 bits per heavy atom. The summed E-state index contributed by atoms with van der Waals surface area (Å²) in [6.07, 6.45) is 1.02. The minimum Gasteiger partial charge on any atom is -0.481 e. The number of carboxylic acid groups (broad SMARTS) is 1. The fraction of sp³-hybridized carbons (Fsp3) is 0.667. The lowest BCUT2D eigenvalue weighted by Crippen LogP contribution is -2.44. The number of piperazine rings is 1. The van der Waals surface area contributed by atoms with E-state index in [-0.39, 0.29) is 6.42 Å². The second kappa shape index (κ2) is 6.26. The van der Waals surface area contributed by atoms with Crippen molar-refractivity contribution in [3.8, 4) is 0 Å². The Balaban J connectivity index is 1.87. The molecular weight excluding hydrogens is 250 g/mol. The summed E-state index contributed by atoms with van der Waals surface area (Å²) in [4.78, 5) is 18.5. The molecule has 1 aromatic heterocycles. The maximum absolute atomic E-state index is 10.7. The standard InChI is InChI=1S/C12H19N3O2S/c1-9-10(8-12(16)17)18-11(14-9)2-5-15-6-3-13-4-7-15/h13H,2-8H2,1H3,(H,16,17). The highest BCUT2D eigenvalue weighted by atomic mass is 32.1. The minimum absolute atomic E-state index is 0.0944. The van der Waals surface area contributed by atoms with Gasteiger partial charge in [0.15, 0.2) is 0 Å². The smallest absolute Gasteiger partial charge is 0.308 e. The van der Waals surface area contributed by atoms with Crippen molar-refractivity contribution in [2.45, 2.75) is 19.8 Å². The normalized spacial score (nSPS) is 16.9. The highest BCUT2D eigenvalue weighted by Crippen LogP contribution is 2.19. The summed E-state index contributed by atoms with van der Waals surface area (Å²) in [6.45, 7) is 7.20. The molecule has 0 bridgehead atoms. The summed E-state index contributed by atoms with van der Waals surface area (Å²) in [5, 5.41) is 13.2. The molecule has 2 N–H and O–H groups in total. The predicted octanol–water partition coefficient (Wildman–Crippen LogP) is 0.526. The molecule has 0 aliphatic carbocycles. The van der Waals surface area contributed by atoms with Crippen LogP contribution in [0.2, 0.25) is 0 Å². The zero-order valence-corrected chi connectivity index (χ0v) is 11.4. The number of aliphatic carboxylic acids is 1. The number of hydrogen-bond acceptors (Lipinski definition) is 5. The molecule has 6 heteroatoms. The van der Waals surface area contributed by atoms with Crippen molar-refractivity contribution >= 4 is 17.3 Å². The quantitative estimate of drug-likeness (QED) is 0.816. The molecule has 0 amide bonds. The average molecular weight is 269 g/mol. The number of carboxylic acids is 1. The Bertz CT molecular complexity index is 413. The van der Waals surface area contributed by atoms with Crippen LogP contribution in [0.4, 0.5) is 0 Å². The highest BCUT2D eigenvalue weighted by Gasteiger charge is 2.13. The molecule has 0 spiro atoms. The second-order valence-corrected chi connectivity index (χ2v) is 5.70. The van der Waals surface area contributed by atoms with Gasteiger partial charge in [-0.05, 0) is 6.92 Å². The molecule has 0 atom stereocenters. The number of carbonyl (C=O) groups is 1. The number of thiazole rings is 1. The first-order valence-electron chi connectivity index (χ1n) is 6.25. The van der Waals surface area contributed by atoms with Crippen LogP contribution in [0, 0.1) is 6.92 Å². The van der Waals surface area contributed by atoms with E-state index in [1.54, 1.807) is 11.3 Å². The Hall–Kier alpha value is -0.980. The Morgan fingerprint density at radius 2 is 2.22 bits per heavy atom. The summed E-state index contributed by atoms with van der Waals surface area (Å²) < 4.78 is 0. The van der Waals surface area contributed by atoms with E-state index in [1.165, 1.54) is 0 Å². The van der Waals surface area contributed by atoms with Crippen LogP contribution in [0.5, 0.6) is 0 Å². The van der Waals surface area contributed by atoms with Crippen molar-refractivity contribution in [2.24, 2.45) is 0 Å². The van der Waals surface area contributed by atoms with Gasteiger partial charge in [0.2, 0.25) is 0 Å². The third-order valence-electron chi connectivity index (χ3n) is 3.10. The Morgan fingerprint density at radius 3 is 2.89 bits per heavy atom. The predicted molar refractivity (Wildman–Crippen MR) is 71.2 cm³/mol. The molecule has 18 heavy (non-hydrogen) atoms. The first kappa shape index (κ1) is 13.5. The van der Waals surface area contributed by atoms with Gasteiger partial charge in [0.1, 0.15) is 0 Å². The van der Waals surface area contributed by atoms with Crippen molar-refractivity contribution in [3.63, 3.8) is 0 Å². The van der Waals surface area contributed by atoms with Gasteiger partial charge < -0.3 is 15.3 Å². The first-order valence-corrected chi connectivity index (χ1v) is 7.07. The molecule has 2 rings (SSSR count). The molecule has 1 aliphatic heterocycles. The van der Waals surface area contributed by atoms with Crippen LogP contribution < -0.4 is 5.32 Å². The van der Waals surface area contributed by atoms with E-state index < -0.39 is 5.97 Å². The van der Waals surface area contributed by atoms with Gasteiger partial charge in [-0.1, -0.05) is 0 Å². The molecule has 0 radical (unpaired) electrons. The number of hydrogen-bond donors (Lipinski definition) is 2. The van der Waals surface area contributed by atoms with Crippen molar-refractivity contribution in [2.75, 3.05) is 32.7 Å². The summed E-state index contributed by atoms with van der Waals surface area (Å²) >= 11 is 1.54. The van der Waals surface area contributed by atoms with Gasteiger partial charge in [0.05, 0.1) is 17.1 Å². The van der Waals surface area contributed by atoms with Gasteiger partial charge in [0.25, 0.3) is 0 Å². The summed E-state index contributed by atoms with van der Waals surface area (Å²) in [5.74, 6) is -0.782. The maximum Gasteiger partial charge on any atom is 0.308 e. The second-order valence-electron chi connectivity index (χ2n) is 4.53. The number of nitrogens with zero attached hydrogens (tertiary/aromatic N) is 2. The number of nitrogens with one attached hydrogen (secondary N) is 1.